The molecule has 0 atom stereocenters. The number of thioether (sulfide) groups is 1. The second-order valence-corrected chi connectivity index (χ2v) is 3.99. The summed E-state index contributed by atoms with van der Waals surface area (Å²) in [6.45, 7) is 2.51. The van der Waals surface area contributed by atoms with E-state index in [-0.39, 0.29) is 5.78 Å². The highest BCUT2D eigenvalue weighted by Crippen LogP contribution is 2.37. The molecule has 0 aromatic heterocycles. The Morgan fingerprint density at radius 3 is 2.53 bits per heavy atom. The molecule has 0 aliphatic heterocycles. The predicted octanol–water partition coefficient (Wildman–Crippen LogP) is 2.95. The topological polar surface area (TPSA) is 26.3 Å². The summed E-state index contributed by atoms with van der Waals surface area (Å²) < 4.78 is 5.54. The van der Waals surface area contributed by atoms with Crippen LogP contribution in [-0.2, 0) is 4.74 Å². The molecule has 78 valence electrons. The second kappa shape index (κ2) is 4.11. The highest BCUT2D eigenvalue weighted by Gasteiger charge is 2.29. The maximum atomic E-state index is 12.0. The summed E-state index contributed by atoms with van der Waals surface area (Å²) in [4.78, 5) is 12.7. The van der Waals surface area contributed by atoms with Crippen molar-refractivity contribution in [3.8, 4) is 0 Å². The summed E-state index contributed by atoms with van der Waals surface area (Å²) in [5, 5.41) is 0. The van der Waals surface area contributed by atoms with Crippen molar-refractivity contribution >= 4 is 23.3 Å². The smallest absolute Gasteiger partial charge is 0.203 e. The van der Waals surface area contributed by atoms with Gasteiger partial charge in [0, 0.05) is 11.1 Å². The van der Waals surface area contributed by atoms with E-state index in [0.717, 1.165) is 21.8 Å². The van der Waals surface area contributed by atoms with Crippen molar-refractivity contribution in [1.82, 2.24) is 0 Å². The van der Waals surface area contributed by atoms with Crippen LogP contribution in [0.1, 0.15) is 22.8 Å². The van der Waals surface area contributed by atoms with E-state index < -0.39 is 0 Å². The fourth-order valence-corrected chi connectivity index (χ4v) is 2.35. The summed E-state index contributed by atoms with van der Waals surface area (Å²) in [6, 6.07) is 7.58. The van der Waals surface area contributed by atoms with Gasteiger partial charge in [-0.05, 0) is 13.2 Å². The van der Waals surface area contributed by atoms with Gasteiger partial charge in [-0.15, -0.1) is 11.8 Å². The van der Waals surface area contributed by atoms with Crippen LogP contribution in [0.5, 0.6) is 0 Å². The molecule has 0 saturated carbocycles. The Balaban J connectivity index is 2.55. The van der Waals surface area contributed by atoms with Crippen LogP contribution >= 0.6 is 11.8 Å². The first kappa shape index (κ1) is 10.3. The third-order valence-corrected chi connectivity index (χ3v) is 3.10. The van der Waals surface area contributed by atoms with Crippen LogP contribution in [0, 0.1) is 0 Å². The highest BCUT2D eigenvalue weighted by atomic mass is 32.2. The summed E-state index contributed by atoms with van der Waals surface area (Å²) in [5.74, 6) is 0.826. The fraction of sp³-hybridized carbons (Fsp3) is 0.250. The fourth-order valence-electron chi connectivity index (χ4n) is 1.70. The first-order chi connectivity index (χ1) is 7.29. The molecular formula is C12H12O2S. The van der Waals surface area contributed by atoms with Gasteiger partial charge < -0.3 is 4.74 Å². The van der Waals surface area contributed by atoms with Crippen molar-refractivity contribution in [2.45, 2.75) is 6.92 Å². The first-order valence-electron chi connectivity index (χ1n) is 4.84. The van der Waals surface area contributed by atoms with Crippen molar-refractivity contribution in [2.75, 3.05) is 12.9 Å². The summed E-state index contributed by atoms with van der Waals surface area (Å²) in [6.07, 6.45) is 1.90. The van der Waals surface area contributed by atoms with Gasteiger partial charge in [0.2, 0.25) is 5.78 Å². The molecule has 0 fully saturated rings. The lowest BCUT2D eigenvalue weighted by Gasteiger charge is -2.06. The molecule has 1 aromatic rings. The van der Waals surface area contributed by atoms with E-state index in [1.54, 1.807) is 0 Å². The van der Waals surface area contributed by atoms with Crippen molar-refractivity contribution in [2.24, 2.45) is 0 Å². The van der Waals surface area contributed by atoms with Crippen LogP contribution in [-0.4, -0.2) is 18.6 Å². The van der Waals surface area contributed by atoms with Crippen molar-refractivity contribution < 1.29 is 9.53 Å². The summed E-state index contributed by atoms with van der Waals surface area (Å²) in [7, 11) is 0. The Morgan fingerprint density at radius 1 is 1.27 bits per heavy atom. The van der Waals surface area contributed by atoms with E-state index >= 15 is 0 Å². The van der Waals surface area contributed by atoms with Gasteiger partial charge in [-0.2, -0.15) is 0 Å². The molecule has 0 spiro atoms. The quantitative estimate of drug-likeness (QED) is 0.783. The zero-order valence-electron chi connectivity index (χ0n) is 8.74. The minimum Gasteiger partial charge on any atom is -0.492 e. The lowest BCUT2D eigenvalue weighted by atomic mass is 10.1. The third-order valence-electron chi connectivity index (χ3n) is 2.32. The van der Waals surface area contributed by atoms with E-state index in [1.165, 1.54) is 11.8 Å². The Morgan fingerprint density at radius 2 is 1.93 bits per heavy atom. The van der Waals surface area contributed by atoms with Gasteiger partial charge in [0.1, 0.15) is 5.76 Å². The zero-order chi connectivity index (χ0) is 10.8. The number of carbonyl (C=O) groups is 1. The van der Waals surface area contributed by atoms with E-state index in [0.29, 0.717) is 6.61 Å². The molecule has 0 radical (unpaired) electrons. The highest BCUT2D eigenvalue weighted by molar-refractivity contribution is 8.03. The summed E-state index contributed by atoms with van der Waals surface area (Å²) in [5.41, 5.74) is 1.68. The number of fused-ring (bicyclic) bond motifs is 1. The Bertz CT molecular complexity index is 435. The van der Waals surface area contributed by atoms with Gasteiger partial charge in [-0.25, -0.2) is 0 Å². The molecule has 1 aromatic carbocycles. The van der Waals surface area contributed by atoms with Crippen LogP contribution in [0.4, 0.5) is 0 Å². The third kappa shape index (κ3) is 1.57. The SMILES string of the molecule is CCOC1=C(SC)C(=O)c2ccccc21. The molecule has 1 aliphatic carbocycles. The number of allylic oxidation sites excluding steroid dienone is 1. The molecule has 0 N–H and O–H groups in total. The number of carbonyl (C=O) groups excluding carboxylic acids is 1. The zero-order valence-corrected chi connectivity index (χ0v) is 9.56. The molecular weight excluding hydrogens is 208 g/mol. The van der Waals surface area contributed by atoms with E-state index in [4.69, 9.17) is 4.74 Å². The molecule has 0 bridgehead atoms. The van der Waals surface area contributed by atoms with Crippen molar-refractivity contribution in [1.29, 1.82) is 0 Å². The van der Waals surface area contributed by atoms with Gasteiger partial charge in [0.25, 0.3) is 0 Å². The average molecular weight is 220 g/mol. The maximum Gasteiger partial charge on any atom is 0.203 e. The molecule has 2 nitrogen and oxygen atoms in total. The average Bonchev–Trinajstić information content (AvgIpc) is 2.54. The molecule has 0 amide bonds. The monoisotopic (exact) mass is 220 g/mol. The van der Waals surface area contributed by atoms with Gasteiger partial charge in [-0.1, -0.05) is 24.3 Å². The van der Waals surface area contributed by atoms with E-state index in [1.807, 2.05) is 37.4 Å². The second-order valence-electron chi connectivity index (χ2n) is 3.17. The number of ether oxygens (including phenoxy) is 1. The number of hydrogen-bond acceptors (Lipinski definition) is 3. The lowest BCUT2D eigenvalue weighted by molar-refractivity contribution is 0.104. The maximum absolute atomic E-state index is 12.0. The molecule has 1 aliphatic rings. The number of Topliss-reactive ketones (excluding diaryl/α,β-unsaturated/α-hetero) is 1. The number of ketones is 1. The Hall–Kier alpha value is -1.22. The Kier molecular flexibility index (Phi) is 2.82. The molecule has 2 rings (SSSR count). The standard InChI is InChI=1S/C12H12O2S/c1-3-14-11-9-7-5-4-6-8(9)10(13)12(11)15-2/h4-7H,3H2,1-2H3. The number of hydrogen-bond donors (Lipinski definition) is 0. The minimum atomic E-state index is 0.0848. The number of benzene rings is 1. The normalized spacial score (nSPS) is 14.4. The first-order valence-corrected chi connectivity index (χ1v) is 6.07. The summed E-state index contributed by atoms with van der Waals surface area (Å²) >= 11 is 1.45. The molecule has 3 heteroatoms. The van der Waals surface area contributed by atoms with Crippen LogP contribution < -0.4 is 0 Å². The van der Waals surface area contributed by atoms with Crippen LogP contribution in [0.15, 0.2) is 29.2 Å². The molecule has 15 heavy (non-hydrogen) atoms. The van der Waals surface area contributed by atoms with Crippen LogP contribution in [0.3, 0.4) is 0 Å². The molecule has 0 unspecified atom stereocenters. The van der Waals surface area contributed by atoms with E-state index in [2.05, 4.69) is 0 Å². The van der Waals surface area contributed by atoms with Crippen LogP contribution in [0.25, 0.3) is 5.76 Å². The van der Waals surface area contributed by atoms with Gasteiger partial charge in [0.15, 0.2) is 0 Å². The van der Waals surface area contributed by atoms with Gasteiger partial charge >= 0.3 is 0 Å². The van der Waals surface area contributed by atoms with Gasteiger partial charge in [0.05, 0.1) is 11.5 Å². The number of rotatable bonds is 3. The Labute approximate surface area is 93.3 Å². The van der Waals surface area contributed by atoms with Crippen LogP contribution in [0.2, 0.25) is 0 Å². The van der Waals surface area contributed by atoms with Crippen molar-refractivity contribution in [3.63, 3.8) is 0 Å². The predicted molar refractivity (Wildman–Crippen MR) is 62.8 cm³/mol. The van der Waals surface area contributed by atoms with Gasteiger partial charge in [-0.3, -0.25) is 4.79 Å². The largest absolute Gasteiger partial charge is 0.492 e. The molecule has 0 saturated heterocycles. The molecule has 0 heterocycles. The lowest BCUT2D eigenvalue weighted by Crippen LogP contribution is -1.94. The minimum absolute atomic E-state index is 0.0848. The van der Waals surface area contributed by atoms with E-state index in [9.17, 15) is 4.79 Å². The van der Waals surface area contributed by atoms with Crippen molar-refractivity contribution in [3.05, 3.63) is 40.3 Å².